The lowest BCUT2D eigenvalue weighted by Gasteiger charge is -2.10. The summed E-state index contributed by atoms with van der Waals surface area (Å²) in [4.78, 5) is 30.0. The number of hydrogen-bond acceptors (Lipinski definition) is 5. The van der Waals surface area contributed by atoms with Crippen molar-refractivity contribution in [3.05, 3.63) is 97.7 Å². The number of carbonyl (C=O) groups excluding carboxylic acids is 1. The van der Waals surface area contributed by atoms with Crippen LogP contribution >= 0.6 is 27.5 Å². The van der Waals surface area contributed by atoms with E-state index in [-0.39, 0.29) is 28.6 Å². The molecule has 1 N–H and O–H groups in total. The highest BCUT2D eigenvalue weighted by Crippen LogP contribution is 2.25. The van der Waals surface area contributed by atoms with Crippen LogP contribution in [0.25, 0.3) is 10.9 Å². The first-order chi connectivity index (χ1) is 17.9. The maximum Gasteiger partial charge on any atom is 0.282 e. The van der Waals surface area contributed by atoms with Crippen LogP contribution in [0.2, 0.25) is 5.02 Å². The predicted molar refractivity (Wildman–Crippen MR) is 147 cm³/mol. The van der Waals surface area contributed by atoms with E-state index in [4.69, 9.17) is 16.3 Å². The van der Waals surface area contributed by atoms with Crippen LogP contribution in [0.5, 0.6) is 5.75 Å². The number of benzene rings is 3. The molecule has 0 aliphatic heterocycles. The number of anilines is 1. The molecular formula is C27H23BrClFN4O3. The molecule has 0 aliphatic carbocycles. The Kier molecular flexibility index (Phi) is 8.68. The predicted octanol–water partition coefficient (Wildman–Crippen LogP) is 6.19. The van der Waals surface area contributed by atoms with Crippen LogP contribution in [0, 0.1) is 5.82 Å². The Morgan fingerprint density at radius 1 is 1.22 bits per heavy atom. The highest BCUT2D eigenvalue weighted by molar-refractivity contribution is 9.10. The second-order valence-electron chi connectivity index (χ2n) is 8.16. The lowest BCUT2D eigenvalue weighted by Crippen LogP contribution is -2.22. The summed E-state index contributed by atoms with van der Waals surface area (Å²) >= 11 is 9.74. The Labute approximate surface area is 226 Å². The maximum atomic E-state index is 13.7. The number of rotatable bonds is 9. The van der Waals surface area contributed by atoms with Crippen molar-refractivity contribution < 1.29 is 13.9 Å². The van der Waals surface area contributed by atoms with Gasteiger partial charge in [0.25, 0.3) is 11.5 Å². The zero-order chi connectivity index (χ0) is 26.4. The van der Waals surface area contributed by atoms with Gasteiger partial charge in [-0.05, 0) is 60.5 Å². The normalized spacial score (nSPS) is 11.2. The first-order valence-corrected chi connectivity index (χ1v) is 12.7. The summed E-state index contributed by atoms with van der Waals surface area (Å²) in [6, 6.07) is 16.1. The minimum Gasteiger partial charge on any atom is -0.482 e. The van der Waals surface area contributed by atoms with E-state index in [0.717, 1.165) is 17.3 Å². The monoisotopic (exact) mass is 584 g/mol. The Bertz CT molecular complexity index is 1540. The highest BCUT2D eigenvalue weighted by Gasteiger charge is 2.12. The number of ether oxygens (including phenoxy) is 1. The van der Waals surface area contributed by atoms with Crippen LogP contribution < -0.4 is 15.6 Å². The molecule has 1 aromatic heterocycles. The van der Waals surface area contributed by atoms with Crippen LogP contribution in [0.1, 0.15) is 31.2 Å². The summed E-state index contributed by atoms with van der Waals surface area (Å²) in [5.74, 6) is -0.213. The second-order valence-corrected chi connectivity index (χ2v) is 9.48. The molecule has 37 heavy (non-hydrogen) atoms. The molecule has 10 heteroatoms. The molecule has 1 heterocycles. The van der Waals surface area contributed by atoms with Gasteiger partial charge >= 0.3 is 0 Å². The Morgan fingerprint density at radius 3 is 2.78 bits per heavy atom. The van der Waals surface area contributed by atoms with Crippen LogP contribution in [0.15, 0.2) is 75.0 Å². The van der Waals surface area contributed by atoms with E-state index in [1.807, 2.05) is 6.07 Å². The Morgan fingerprint density at radius 2 is 2.03 bits per heavy atom. The number of unbranched alkanes of at least 4 members (excludes halogenated alkanes) is 1. The number of nitrogens with zero attached hydrogens (tertiary/aromatic N) is 3. The van der Waals surface area contributed by atoms with Gasteiger partial charge in [-0.15, -0.1) is 0 Å². The smallest absolute Gasteiger partial charge is 0.282 e. The van der Waals surface area contributed by atoms with Gasteiger partial charge in [0.2, 0.25) is 0 Å². The van der Waals surface area contributed by atoms with E-state index < -0.39 is 11.7 Å². The third-order valence-electron chi connectivity index (χ3n) is 5.41. The largest absolute Gasteiger partial charge is 0.482 e. The molecule has 1 amide bonds. The van der Waals surface area contributed by atoms with Gasteiger partial charge in [0.1, 0.15) is 17.4 Å². The fraction of sp³-hybridized carbons (Fsp3) is 0.185. The molecule has 190 valence electrons. The molecule has 0 saturated heterocycles. The van der Waals surface area contributed by atoms with Gasteiger partial charge in [0.15, 0.2) is 6.61 Å². The topological polar surface area (TPSA) is 85.6 Å². The van der Waals surface area contributed by atoms with Gasteiger partial charge in [0, 0.05) is 10.9 Å². The van der Waals surface area contributed by atoms with Crippen molar-refractivity contribution in [3.8, 4) is 5.75 Å². The molecule has 0 fully saturated rings. The van der Waals surface area contributed by atoms with Crippen LogP contribution in [-0.4, -0.2) is 28.4 Å². The van der Waals surface area contributed by atoms with E-state index in [1.165, 1.54) is 29.1 Å². The van der Waals surface area contributed by atoms with Crippen molar-refractivity contribution in [1.82, 2.24) is 9.66 Å². The summed E-state index contributed by atoms with van der Waals surface area (Å²) in [5.41, 5.74) is 1.04. The Balaban J connectivity index is 1.51. The average Bonchev–Trinajstić information content (AvgIpc) is 2.88. The van der Waals surface area contributed by atoms with Gasteiger partial charge in [-0.2, -0.15) is 9.78 Å². The van der Waals surface area contributed by atoms with Crippen LogP contribution in [0.3, 0.4) is 0 Å². The minimum atomic E-state index is -0.538. The molecule has 4 aromatic rings. The van der Waals surface area contributed by atoms with Crippen molar-refractivity contribution in [3.63, 3.8) is 0 Å². The molecule has 0 spiro atoms. The summed E-state index contributed by atoms with van der Waals surface area (Å²) in [5, 5.41) is 7.57. The standard InChI is InChI=1S/C27H23BrClFN4O3/c1-2-3-8-25-32-22-11-10-18(28)14-19(22)27(36)34(25)31-15-17-9-12-24(20(29)13-17)37-16-26(35)33-23-7-5-4-6-21(23)30/h4-7,9-15H,2-3,8,16H2,1H3,(H,33,35). The van der Waals surface area contributed by atoms with E-state index >= 15 is 0 Å². The molecular weight excluding hydrogens is 563 g/mol. The summed E-state index contributed by atoms with van der Waals surface area (Å²) in [6.07, 6.45) is 3.94. The average molecular weight is 586 g/mol. The number of nitrogens with one attached hydrogen (secondary N) is 1. The fourth-order valence-corrected chi connectivity index (χ4v) is 4.15. The minimum absolute atomic E-state index is 0.0674. The number of carbonyl (C=O) groups is 1. The lowest BCUT2D eigenvalue weighted by atomic mass is 10.2. The number of halogens is 3. The molecule has 0 radical (unpaired) electrons. The number of para-hydroxylation sites is 1. The number of amides is 1. The van der Waals surface area contributed by atoms with Crippen LogP contribution in [-0.2, 0) is 11.2 Å². The molecule has 0 atom stereocenters. The molecule has 3 aromatic carbocycles. The molecule has 0 aliphatic rings. The number of aromatic nitrogens is 2. The first-order valence-electron chi connectivity index (χ1n) is 11.6. The van der Waals surface area contributed by atoms with Crippen molar-refractivity contribution in [2.45, 2.75) is 26.2 Å². The van der Waals surface area contributed by atoms with Gasteiger partial charge in [0.05, 0.1) is 27.8 Å². The van der Waals surface area contributed by atoms with E-state index in [0.29, 0.717) is 28.7 Å². The lowest BCUT2D eigenvalue weighted by molar-refractivity contribution is -0.118. The third kappa shape index (κ3) is 6.61. The van der Waals surface area contributed by atoms with E-state index in [9.17, 15) is 14.0 Å². The molecule has 4 rings (SSSR count). The molecule has 0 unspecified atom stereocenters. The Hall–Kier alpha value is -3.56. The molecule has 0 saturated carbocycles. The quantitative estimate of drug-likeness (QED) is 0.237. The zero-order valence-corrected chi connectivity index (χ0v) is 22.2. The highest BCUT2D eigenvalue weighted by atomic mass is 79.9. The zero-order valence-electron chi connectivity index (χ0n) is 19.9. The number of hydrogen-bond donors (Lipinski definition) is 1. The van der Waals surface area contributed by atoms with Crippen molar-refractivity contribution in [2.75, 3.05) is 11.9 Å². The number of fused-ring (bicyclic) bond motifs is 1. The second kappa shape index (κ2) is 12.1. The number of aryl methyl sites for hydroxylation is 1. The van der Waals surface area contributed by atoms with Crippen molar-refractivity contribution >= 4 is 56.2 Å². The van der Waals surface area contributed by atoms with Gasteiger partial charge in [-0.25, -0.2) is 9.37 Å². The van der Waals surface area contributed by atoms with E-state index in [1.54, 1.807) is 36.4 Å². The van der Waals surface area contributed by atoms with Gasteiger partial charge in [-0.1, -0.05) is 53.0 Å². The van der Waals surface area contributed by atoms with Crippen LogP contribution in [0.4, 0.5) is 10.1 Å². The first kappa shape index (κ1) is 26.5. The van der Waals surface area contributed by atoms with E-state index in [2.05, 4.69) is 38.3 Å². The fourth-order valence-electron chi connectivity index (χ4n) is 3.54. The van der Waals surface area contributed by atoms with Crippen molar-refractivity contribution in [1.29, 1.82) is 0 Å². The van der Waals surface area contributed by atoms with Gasteiger partial charge in [-0.3, -0.25) is 9.59 Å². The summed E-state index contributed by atoms with van der Waals surface area (Å²) in [6.45, 7) is 1.72. The molecule has 7 nitrogen and oxygen atoms in total. The summed E-state index contributed by atoms with van der Waals surface area (Å²) in [7, 11) is 0. The molecule has 0 bridgehead atoms. The van der Waals surface area contributed by atoms with Gasteiger partial charge < -0.3 is 10.1 Å². The summed E-state index contributed by atoms with van der Waals surface area (Å²) < 4.78 is 21.3. The maximum absolute atomic E-state index is 13.7. The third-order valence-corrected chi connectivity index (χ3v) is 6.20. The SMILES string of the molecule is CCCCc1nc2ccc(Br)cc2c(=O)n1N=Cc1ccc(OCC(=O)Nc2ccccc2F)c(Cl)c1. The van der Waals surface area contributed by atoms with Crippen molar-refractivity contribution in [2.24, 2.45) is 5.10 Å².